The molecule has 0 radical (unpaired) electrons. The van der Waals surface area contributed by atoms with Gasteiger partial charge in [-0.15, -0.1) is 0 Å². The number of halogens is 1. The lowest BCUT2D eigenvalue weighted by molar-refractivity contribution is 0.0650. The average Bonchev–Trinajstić information content (AvgIpc) is 2.37. The minimum atomic E-state index is 0.0933. The zero-order valence-corrected chi connectivity index (χ0v) is 12.1. The minimum Gasteiger partial charge on any atom is -0.396 e. The number of aryl methyl sites for hydroxylation is 1. The van der Waals surface area contributed by atoms with Gasteiger partial charge in [0.25, 0.3) is 5.91 Å². The topological polar surface area (TPSA) is 40.5 Å². The quantitative estimate of drug-likeness (QED) is 0.912. The van der Waals surface area contributed by atoms with Gasteiger partial charge in [-0.1, -0.05) is 15.9 Å². The van der Waals surface area contributed by atoms with Gasteiger partial charge in [-0.05, 0) is 49.4 Å². The first-order valence-electron chi connectivity index (χ1n) is 6.27. The van der Waals surface area contributed by atoms with Crippen molar-refractivity contribution in [2.45, 2.75) is 19.8 Å². The van der Waals surface area contributed by atoms with Gasteiger partial charge in [0.15, 0.2) is 0 Å². The molecule has 3 nitrogen and oxygen atoms in total. The maximum Gasteiger partial charge on any atom is 0.253 e. The fourth-order valence-corrected chi connectivity index (χ4v) is 2.97. The normalized spacial score (nSPS) is 16.9. The maximum absolute atomic E-state index is 12.3. The van der Waals surface area contributed by atoms with Gasteiger partial charge in [0.1, 0.15) is 0 Å². The van der Waals surface area contributed by atoms with E-state index in [1.807, 2.05) is 30.0 Å². The zero-order valence-electron chi connectivity index (χ0n) is 10.5. The molecule has 0 spiro atoms. The Balaban J connectivity index is 2.07. The molecule has 18 heavy (non-hydrogen) atoms. The van der Waals surface area contributed by atoms with Crippen molar-refractivity contribution in [1.82, 2.24) is 4.90 Å². The number of aliphatic hydroxyl groups is 1. The van der Waals surface area contributed by atoms with Crippen LogP contribution >= 0.6 is 15.9 Å². The molecule has 1 aromatic rings. The molecule has 0 bridgehead atoms. The Labute approximate surface area is 116 Å². The molecule has 1 fully saturated rings. The van der Waals surface area contributed by atoms with Crippen molar-refractivity contribution >= 4 is 21.8 Å². The van der Waals surface area contributed by atoms with Crippen molar-refractivity contribution in [2.75, 3.05) is 19.7 Å². The van der Waals surface area contributed by atoms with Crippen LogP contribution in [-0.2, 0) is 0 Å². The standard InChI is InChI=1S/C14H18BrNO2/c1-10-6-12(8-13(15)7-10)14(18)16-4-2-11(9-17)3-5-16/h6-8,11,17H,2-5,9H2,1H3. The van der Waals surface area contributed by atoms with Crippen LogP contribution < -0.4 is 0 Å². The molecule has 0 unspecified atom stereocenters. The largest absolute Gasteiger partial charge is 0.396 e. The number of rotatable bonds is 2. The number of nitrogens with zero attached hydrogens (tertiary/aromatic N) is 1. The number of hydrogen-bond donors (Lipinski definition) is 1. The smallest absolute Gasteiger partial charge is 0.253 e. The van der Waals surface area contributed by atoms with E-state index < -0.39 is 0 Å². The van der Waals surface area contributed by atoms with Crippen molar-refractivity contribution in [3.05, 3.63) is 33.8 Å². The second kappa shape index (κ2) is 5.85. The Morgan fingerprint density at radius 2 is 2.06 bits per heavy atom. The number of hydrogen-bond acceptors (Lipinski definition) is 2. The molecular formula is C14H18BrNO2. The third-order valence-electron chi connectivity index (χ3n) is 3.45. The Morgan fingerprint density at radius 3 is 2.61 bits per heavy atom. The molecule has 1 saturated heterocycles. The van der Waals surface area contributed by atoms with E-state index in [0.717, 1.165) is 41.5 Å². The predicted octanol–water partition coefficient (Wildman–Crippen LogP) is 2.60. The summed E-state index contributed by atoms with van der Waals surface area (Å²) in [5, 5.41) is 9.10. The molecule has 1 N–H and O–H groups in total. The number of carbonyl (C=O) groups excluding carboxylic acids is 1. The minimum absolute atomic E-state index is 0.0933. The molecule has 0 saturated carbocycles. The van der Waals surface area contributed by atoms with Gasteiger partial charge in [-0.3, -0.25) is 4.79 Å². The van der Waals surface area contributed by atoms with Crippen LogP contribution in [0.2, 0.25) is 0 Å². The van der Waals surface area contributed by atoms with Gasteiger partial charge in [-0.25, -0.2) is 0 Å². The maximum atomic E-state index is 12.3. The van der Waals surface area contributed by atoms with E-state index in [4.69, 9.17) is 5.11 Å². The molecule has 0 aliphatic carbocycles. The van der Waals surface area contributed by atoms with Crippen LogP contribution in [0.15, 0.2) is 22.7 Å². The van der Waals surface area contributed by atoms with Crippen LogP contribution in [-0.4, -0.2) is 35.6 Å². The Kier molecular flexibility index (Phi) is 4.40. The van der Waals surface area contributed by atoms with E-state index in [1.165, 1.54) is 0 Å². The van der Waals surface area contributed by atoms with E-state index in [2.05, 4.69) is 15.9 Å². The highest BCUT2D eigenvalue weighted by molar-refractivity contribution is 9.10. The summed E-state index contributed by atoms with van der Waals surface area (Å²) in [6, 6.07) is 5.79. The first-order valence-corrected chi connectivity index (χ1v) is 7.07. The molecule has 1 aromatic carbocycles. The van der Waals surface area contributed by atoms with Gasteiger partial charge in [-0.2, -0.15) is 0 Å². The highest BCUT2D eigenvalue weighted by atomic mass is 79.9. The summed E-state index contributed by atoms with van der Waals surface area (Å²) in [6.07, 6.45) is 1.80. The number of benzene rings is 1. The van der Waals surface area contributed by atoms with Gasteiger partial charge in [0, 0.05) is 29.7 Å². The Hall–Kier alpha value is -0.870. The lowest BCUT2D eigenvalue weighted by Gasteiger charge is -2.31. The molecule has 0 atom stereocenters. The summed E-state index contributed by atoms with van der Waals surface area (Å²) in [5.41, 5.74) is 1.82. The molecular weight excluding hydrogens is 294 g/mol. The second-order valence-corrected chi connectivity index (χ2v) is 5.85. The summed E-state index contributed by atoms with van der Waals surface area (Å²) >= 11 is 3.42. The first-order chi connectivity index (χ1) is 8.60. The third-order valence-corrected chi connectivity index (χ3v) is 3.91. The van der Waals surface area contributed by atoms with Gasteiger partial charge in [0.05, 0.1) is 0 Å². The summed E-state index contributed by atoms with van der Waals surface area (Å²) in [6.45, 7) is 3.71. The number of amides is 1. The average molecular weight is 312 g/mol. The molecule has 4 heteroatoms. The van der Waals surface area contributed by atoms with Crippen molar-refractivity contribution in [3.8, 4) is 0 Å². The van der Waals surface area contributed by atoms with Gasteiger partial charge in [0.2, 0.25) is 0 Å². The molecule has 1 amide bonds. The number of likely N-dealkylation sites (tertiary alicyclic amines) is 1. The number of piperidine rings is 1. The summed E-state index contributed by atoms with van der Waals surface area (Å²) in [5.74, 6) is 0.453. The van der Waals surface area contributed by atoms with Crippen LogP contribution in [0.1, 0.15) is 28.8 Å². The summed E-state index contributed by atoms with van der Waals surface area (Å²) in [7, 11) is 0. The van der Waals surface area contributed by atoms with Crippen LogP contribution in [0.4, 0.5) is 0 Å². The van der Waals surface area contributed by atoms with Crippen molar-refractivity contribution in [2.24, 2.45) is 5.92 Å². The Bertz CT molecular complexity index is 419. The van der Waals surface area contributed by atoms with Gasteiger partial charge >= 0.3 is 0 Å². The van der Waals surface area contributed by atoms with E-state index in [-0.39, 0.29) is 12.5 Å². The summed E-state index contributed by atoms with van der Waals surface area (Å²) < 4.78 is 0.941. The molecule has 98 valence electrons. The fourth-order valence-electron chi connectivity index (χ4n) is 2.36. The Morgan fingerprint density at radius 1 is 1.39 bits per heavy atom. The lowest BCUT2D eigenvalue weighted by atomic mass is 9.97. The van der Waals surface area contributed by atoms with Crippen LogP contribution in [0.3, 0.4) is 0 Å². The summed E-state index contributed by atoms with van der Waals surface area (Å²) in [4.78, 5) is 14.2. The highest BCUT2D eigenvalue weighted by Crippen LogP contribution is 2.21. The molecule has 0 aromatic heterocycles. The van der Waals surface area contributed by atoms with Crippen LogP contribution in [0.25, 0.3) is 0 Å². The van der Waals surface area contributed by atoms with Crippen LogP contribution in [0, 0.1) is 12.8 Å². The number of aliphatic hydroxyl groups excluding tert-OH is 1. The van der Waals surface area contributed by atoms with Crippen molar-refractivity contribution in [1.29, 1.82) is 0 Å². The lowest BCUT2D eigenvalue weighted by Crippen LogP contribution is -2.39. The van der Waals surface area contributed by atoms with Crippen molar-refractivity contribution < 1.29 is 9.90 Å². The molecule has 1 aliphatic rings. The van der Waals surface area contributed by atoms with E-state index >= 15 is 0 Å². The molecule has 2 rings (SSSR count). The first kappa shape index (κ1) is 13.6. The van der Waals surface area contributed by atoms with E-state index in [9.17, 15) is 4.79 Å². The molecule has 1 heterocycles. The highest BCUT2D eigenvalue weighted by Gasteiger charge is 2.23. The van der Waals surface area contributed by atoms with E-state index in [0.29, 0.717) is 5.92 Å². The second-order valence-electron chi connectivity index (χ2n) is 4.94. The SMILES string of the molecule is Cc1cc(Br)cc(C(=O)N2CCC(CO)CC2)c1. The predicted molar refractivity (Wildman–Crippen MR) is 74.6 cm³/mol. The number of carbonyl (C=O) groups is 1. The zero-order chi connectivity index (χ0) is 13.1. The molecule has 1 aliphatic heterocycles. The third kappa shape index (κ3) is 3.12. The van der Waals surface area contributed by atoms with Gasteiger partial charge < -0.3 is 10.0 Å². The fraction of sp³-hybridized carbons (Fsp3) is 0.500. The monoisotopic (exact) mass is 311 g/mol. The van der Waals surface area contributed by atoms with E-state index in [1.54, 1.807) is 0 Å². The van der Waals surface area contributed by atoms with Crippen molar-refractivity contribution in [3.63, 3.8) is 0 Å². The van der Waals surface area contributed by atoms with Crippen LogP contribution in [0.5, 0.6) is 0 Å².